The minimum Gasteiger partial charge on any atom is -0.481 e. The molecule has 0 saturated heterocycles. The minimum absolute atomic E-state index is 0.0833. The Hall–Kier alpha value is -2.78. The molecule has 0 spiro atoms. The highest BCUT2D eigenvalue weighted by Crippen LogP contribution is 2.36. The maximum Gasteiger partial charge on any atom is 0.416 e. The Bertz CT molecular complexity index is 1130. The van der Waals surface area contributed by atoms with E-state index in [0.29, 0.717) is 10.6 Å². The fraction of sp³-hybridized carbons (Fsp3) is 0.250. The number of nitrogens with one attached hydrogen (secondary N) is 1. The number of carboxylic acids is 1. The zero-order valence-corrected chi connectivity index (χ0v) is 19.6. The summed E-state index contributed by atoms with van der Waals surface area (Å²) in [5.41, 5.74) is 2.94. The summed E-state index contributed by atoms with van der Waals surface area (Å²) >= 11 is 2.97. The number of benzene rings is 2. The van der Waals surface area contributed by atoms with Crippen LogP contribution in [-0.4, -0.2) is 23.5 Å². The summed E-state index contributed by atoms with van der Waals surface area (Å²) in [4.78, 5) is 25.2. The molecule has 0 aliphatic carbocycles. The van der Waals surface area contributed by atoms with E-state index in [-0.39, 0.29) is 18.9 Å². The Morgan fingerprint density at radius 3 is 2.24 bits per heavy atom. The first-order valence-electron chi connectivity index (χ1n) is 10.0. The third-order valence-corrected chi connectivity index (χ3v) is 7.19. The van der Waals surface area contributed by atoms with Gasteiger partial charge >= 0.3 is 12.1 Å². The first-order chi connectivity index (χ1) is 15.5. The molecule has 3 aromatic rings. The van der Waals surface area contributed by atoms with Crippen molar-refractivity contribution in [1.29, 1.82) is 0 Å². The zero-order valence-electron chi connectivity index (χ0n) is 18.0. The Balaban J connectivity index is 1.66. The first kappa shape index (κ1) is 24.9. The highest BCUT2D eigenvalue weighted by molar-refractivity contribution is 7.98. The number of thiophene rings is 1. The molecule has 0 aliphatic rings. The smallest absolute Gasteiger partial charge is 0.416 e. The van der Waals surface area contributed by atoms with Crippen molar-refractivity contribution in [3.63, 3.8) is 0 Å². The monoisotopic (exact) mass is 493 g/mol. The van der Waals surface area contributed by atoms with Gasteiger partial charge in [-0.1, -0.05) is 12.1 Å². The summed E-state index contributed by atoms with van der Waals surface area (Å²) in [6, 6.07) is 12.8. The lowest BCUT2D eigenvalue weighted by atomic mass is 9.95. The van der Waals surface area contributed by atoms with Crippen molar-refractivity contribution >= 4 is 35.0 Å². The number of alkyl halides is 3. The molecule has 0 radical (unpaired) electrons. The number of hydrogen-bond acceptors (Lipinski definition) is 4. The fourth-order valence-corrected chi connectivity index (χ4v) is 5.45. The molecule has 33 heavy (non-hydrogen) atoms. The SMILES string of the molecule is Cc1cc(SCc2ccc(C(=O)NCCC(=O)O)s2)cc(C)c1-c1ccc(C(F)(F)F)cc1. The van der Waals surface area contributed by atoms with Crippen LogP contribution in [0, 0.1) is 13.8 Å². The number of rotatable bonds is 8. The molecule has 0 fully saturated rings. The molecule has 4 nitrogen and oxygen atoms in total. The molecule has 1 heterocycles. The highest BCUT2D eigenvalue weighted by atomic mass is 32.2. The number of aryl methyl sites for hydroxylation is 2. The van der Waals surface area contributed by atoms with Crippen molar-refractivity contribution in [2.24, 2.45) is 0 Å². The van der Waals surface area contributed by atoms with Crippen molar-refractivity contribution in [3.05, 3.63) is 75.0 Å². The van der Waals surface area contributed by atoms with E-state index in [2.05, 4.69) is 5.32 Å². The second-order valence-electron chi connectivity index (χ2n) is 7.46. The average Bonchev–Trinajstić information content (AvgIpc) is 3.20. The van der Waals surface area contributed by atoms with Gasteiger partial charge in [0.15, 0.2) is 0 Å². The molecule has 174 valence electrons. The van der Waals surface area contributed by atoms with Crippen LogP contribution in [0.3, 0.4) is 0 Å². The van der Waals surface area contributed by atoms with Gasteiger partial charge in [0.2, 0.25) is 0 Å². The lowest BCUT2D eigenvalue weighted by Gasteiger charge is -2.14. The number of carboxylic acid groups (broad SMARTS) is 1. The standard InChI is InChI=1S/C24H22F3NO3S2/c1-14-11-19(12-15(2)22(14)16-3-5-17(6-4-16)24(25,26)27)32-13-18-7-8-20(33-18)23(31)28-10-9-21(29)30/h3-8,11-12H,9-10,13H2,1-2H3,(H,28,31)(H,29,30). The Kier molecular flexibility index (Phi) is 7.86. The first-order valence-corrected chi connectivity index (χ1v) is 11.8. The summed E-state index contributed by atoms with van der Waals surface area (Å²) in [6.07, 6.45) is -4.48. The third-order valence-electron chi connectivity index (χ3n) is 4.90. The summed E-state index contributed by atoms with van der Waals surface area (Å²) in [5, 5.41) is 11.2. The third kappa shape index (κ3) is 6.61. The number of carbonyl (C=O) groups excluding carboxylic acids is 1. The van der Waals surface area contributed by atoms with Crippen molar-refractivity contribution in [2.75, 3.05) is 6.54 Å². The Morgan fingerprint density at radius 2 is 1.67 bits per heavy atom. The van der Waals surface area contributed by atoms with Crippen LogP contribution in [0.15, 0.2) is 53.4 Å². The number of thioether (sulfide) groups is 1. The summed E-state index contributed by atoms with van der Waals surface area (Å²) < 4.78 is 38.5. The molecule has 0 aliphatic heterocycles. The maximum absolute atomic E-state index is 12.8. The molecular formula is C24H22F3NO3S2. The van der Waals surface area contributed by atoms with Gasteiger partial charge in [0.1, 0.15) is 0 Å². The molecule has 0 atom stereocenters. The van der Waals surface area contributed by atoms with E-state index in [1.54, 1.807) is 17.8 Å². The number of carbonyl (C=O) groups is 2. The van der Waals surface area contributed by atoms with Crippen LogP contribution in [-0.2, 0) is 16.7 Å². The highest BCUT2D eigenvalue weighted by Gasteiger charge is 2.30. The van der Waals surface area contributed by atoms with Gasteiger partial charge in [-0.25, -0.2) is 0 Å². The number of halogens is 3. The largest absolute Gasteiger partial charge is 0.481 e. The van der Waals surface area contributed by atoms with E-state index >= 15 is 0 Å². The molecule has 0 saturated carbocycles. The van der Waals surface area contributed by atoms with Crippen LogP contribution in [0.5, 0.6) is 0 Å². The molecule has 0 unspecified atom stereocenters. The van der Waals surface area contributed by atoms with Gasteiger partial charge in [0.25, 0.3) is 5.91 Å². The predicted octanol–water partition coefficient (Wildman–Crippen LogP) is 6.55. The second-order valence-corrected chi connectivity index (χ2v) is 9.68. The van der Waals surface area contributed by atoms with Gasteiger partial charge in [0, 0.05) is 22.1 Å². The van der Waals surface area contributed by atoms with Gasteiger partial charge in [0.05, 0.1) is 16.9 Å². The van der Waals surface area contributed by atoms with Crippen LogP contribution in [0.25, 0.3) is 11.1 Å². The summed E-state index contributed by atoms with van der Waals surface area (Å²) in [6.45, 7) is 3.96. The molecule has 0 bridgehead atoms. The van der Waals surface area contributed by atoms with E-state index < -0.39 is 17.7 Å². The van der Waals surface area contributed by atoms with E-state index in [9.17, 15) is 22.8 Å². The van der Waals surface area contributed by atoms with Gasteiger partial charge in [-0.15, -0.1) is 23.1 Å². The van der Waals surface area contributed by atoms with E-state index in [4.69, 9.17) is 5.11 Å². The Morgan fingerprint density at radius 1 is 1.03 bits per heavy atom. The van der Waals surface area contributed by atoms with Gasteiger partial charge in [-0.2, -0.15) is 13.2 Å². The van der Waals surface area contributed by atoms with Crippen molar-refractivity contribution in [1.82, 2.24) is 5.32 Å². The summed E-state index contributed by atoms with van der Waals surface area (Å²) in [7, 11) is 0. The van der Waals surface area contributed by atoms with Crippen LogP contribution in [0.1, 0.15) is 37.7 Å². The van der Waals surface area contributed by atoms with Gasteiger partial charge in [-0.3, -0.25) is 9.59 Å². The van der Waals surface area contributed by atoms with Crippen LogP contribution < -0.4 is 5.32 Å². The van der Waals surface area contributed by atoms with E-state index in [0.717, 1.165) is 44.2 Å². The molecule has 2 aromatic carbocycles. The molecule has 1 amide bonds. The van der Waals surface area contributed by atoms with Gasteiger partial charge < -0.3 is 10.4 Å². The number of aliphatic carboxylic acids is 1. The molecular weight excluding hydrogens is 471 g/mol. The summed E-state index contributed by atoms with van der Waals surface area (Å²) in [5.74, 6) is -0.593. The molecule has 2 N–H and O–H groups in total. The molecule has 9 heteroatoms. The van der Waals surface area contributed by atoms with Crippen LogP contribution in [0.2, 0.25) is 0 Å². The van der Waals surface area contributed by atoms with Crippen molar-refractivity contribution in [3.8, 4) is 11.1 Å². The lowest BCUT2D eigenvalue weighted by molar-refractivity contribution is -0.138. The van der Waals surface area contributed by atoms with Crippen LogP contribution in [0.4, 0.5) is 13.2 Å². The van der Waals surface area contributed by atoms with E-state index in [1.807, 2.05) is 32.0 Å². The second kappa shape index (κ2) is 10.4. The number of hydrogen-bond donors (Lipinski definition) is 2. The normalized spacial score (nSPS) is 11.4. The fourth-order valence-electron chi connectivity index (χ4n) is 3.39. The minimum atomic E-state index is -4.36. The van der Waals surface area contributed by atoms with Crippen LogP contribution >= 0.6 is 23.1 Å². The topological polar surface area (TPSA) is 66.4 Å². The average molecular weight is 494 g/mol. The lowest BCUT2D eigenvalue weighted by Crippen LogP contribution is -2.25. The van der Waals surface area contributed by atoms with Crippen molar-refractivity contribution < 1.29 is 27.9 Å². The quantitative estimate of drug-likeness (QED) is 0.349. The van der Waals surface area contributed by atoms with Gasteiger partial charge in [-0.05, 0) is 72.5 Å². The maximum atomic E-state index is 12.8. The zero-order chi connectivity index (χ0) is 24.2. The Labute approximate surface area is 197 Å². The van der Waals surface area contributed by atoms with E-state index in [1.165, 1.54) is 23.5 Å². The molecule has 3 rings (SSSR count). The van der Waals surface area contributed by atoms with Crippen molar-refractivity contribution in [2.45, 2.75) is 37.1 Å². The molecule has 1 aromatic heterocycles. The number of amides is 1. The predicted molar refractivity (Wildman–Crippen MR) is 125 cm³/mol.